The van der Waals surface area contributed by atoms with Crippen molar-refractivity contribution in [3.63, 3.8) is 0 Å². The monoisotopic (exact) mass is 356 g/mol. The molecule has 0 fully saturated rings. The SMILES string of the molecule is CC(Cc1nnc(SCC(=O)c2ccc(F)cc2)o1)c1ccccc1. The van der Waals surface area contributed by atoms with Gasteiger partial charge in [-0.2, -0.15) is 0 Å². The molecule has 6 heteroatoms. The lowest BCUT2D eigenvalue weighted by Crippen LogP contribution is -2.02. The van der Waals surface area contributed by atoms with Crippen LogP contribution in [0.2, 0.25) is 0 Å². The third-order valence-electron chi connectivity index (χ3n) is 3.79. The molecule has 0 saturated heterocycles. The molecule has 2 aromatic carbocycles. The van der Waals surface area contributed by atoms with Gasteiger partial charge < -0.3 is 4.42 Å². The average Bonchev–Trinajstić information content (AvgIpc) is 3.08. The van der Waals surface area contributed by atoms with E-state index in [1.54, 1.807) is 0 Å². The third kappa shape index (κ3) is 4.76. The molecule has 4 nitrogen and oxygen atoms in total. The topological polar surface area (TPSA) is 56.0 Å². The van der Waals surface area contributed by atoms with Gasteiger partial charge in [-0.05, 0) is 35.7 Å². The molecular weight excluding hydrogens is 339 g/mol. The van der Waals surface area contributed by atoms with E-state index in [4.69, 9.17) is 4.42 Å². The molecule has 0 aliphatic rings. The molecule has 25 heavy (non-hydrogen) atoms. The van der Waals surface area contributed by atoms with E-state index in [0.717, 1.165) is 0 Å². The zero-order chi connectivity index (χ0) is 17.6. The normalized spacial score (nSPS) is 12.1. The molecule has 3 rings (SSSR count). The summed E-state index contributed by atoms with van der Waals surface area (Å²) in [6, 6.07) is 15.6. The number of hydrogen-bond donors (Lipinski definition) is 0. The van der Waals surface area contributed by atoms with Gasteiger partial charge in [0.1, 0.15) is 5.82 Å². The van der Waals surface area contributed by atoms with Crippen LogP contribution in [0.5, 0.6) is 0 Å². The lowest BCUT2D eigenvalue weighted by molar-refractivity contribution is 0.102. The predicted molar refractivity (Wildman–Crippen MR) is 94.3 cm³/mol. The molecule has 1 unspecified atom stereocenters. The van der Waals surface area contributed by atoms with Crippen LogP contribution in [0.3, 0.4) is 0 Å². The molecular formula is C19H17FN2O2S. The Morgan fingerprint density at radius 3 is 2.56 bits per heavy atom. The van der Waals surface area contributed by atoms with Crippen molar-refractivity contribution in [1.82, 2.24) is 10.2 Å². The van der Waals surface area contributed by atoms with E-state index in [1.807, 2.05) is 18.2 Å². The molecule has 0 spiro atoms. The zero-order valence-corrected chi connectivity index (χ0v) is 14.5. The van der Waals surface area contributed by atoms with Crippen LogP contribution in [0, 0.1) is 5.82 Å². The highest BCUT2D eigenvalue weighted by Gasteiger charge is 2.14. The van der Waals surface area contributed by atoms with E-state index in [-0.39, 0.29) is 23.3 Å². The van der Waals surface area contributed by atoms with Crippen LogP contribution < -0.4 is 0 Å². The highest BCUT2D eigenvalue weighted by atomic mass is 32.2. The van der Waals surface area contributed by atoms with E-state index in [0.29, 0.717) is 23.1 Å². The van der Waals surface area contributed by atoms with Crippen LogP contribution >= 0.6 is 11.8 Å². The summed E-state index contributed by atoms with van der Waals surface area (Å²) in [6.07, 6.45) is 0.642. The molecule has 1 aromatic heterocycles. The first kappa shape index (κ1) is 17.4. The maximum Gasteiger partial charge on any atom is 0.277 e. The Kier molecular flexibility index (Phi) is 5.60. The average molecular weight is 356 g/mol. The van der Waals surface area contributed by atoms with Gasteiger partial charge in [0.05, 0.1) is 5.75 Å². The summed E-state index contributed by atoms with van der Waals surface area (Å²) < 4.78 is 18.5. The van der Waals surface area contributed by atoms with E-state index in [2.05, 4.69) is 29.3 Å². The molecule has 0 saturated carbocycles. The van der Waals surface area contributed by atoms with Gasteiger partial charge >= 0.3 is 0 Å². The lowest BCUT2D eigenvalue weighted by atomic mass is 9.98. The smallest absolute Gasteiger partial charge is 0.277 e. The van der Waals surface area contributed by atoms with Crippen LogP contribution in [0.4, 0.5) is 4.39 Å². The highest BCUT2D eigenvalue weighted by Crippen LogP contribution is 2.23. The Bertz CT molecular complexity index is 834. The molecule has 0 N–H and O–H groups in total. The first-order valence-electron chi connectivity index (χ1n) is 7.90. The number of benzene rings is 2. The van der Waals surface area contributed by atoms with Crippen LogP contribution in [-0.2, 0) is 6.42 Å². The number of carbonyl (C=O) groups is 1. The van der Waals surface area contributed by atoms with Gasteiger partial charge in [0, 0.05) is 12.0 Å². The second kappa shape index (κ2) is 8.07. The summed E-state index contributed by atoms with van der Waals surface area (Å²) in [5.41, 5.74) is 1.67. The number of aromatic nitrogens is 2. The van der Waals surface area contributed by atoms with Crippen LogP contribution in [0.1, 0.15) is 34.7 Å². The summed E-state index contributed by atoms with van der Waals surface area (Å²) >= 11 is 1.19. The summed E-state index contributed by atoms with van der Waals surface area (Å²) in [4.78, 5) is 12.1. The maximum absolute atomic E-state index is 12.9. The van der Waals surface area contributed by atoms with Crippen LogP contribution in [0.25, 0.3) is 0 Å². The Labute approximate surface area is 149 Å². The number of rotatable bonds is 7. The summed E-state index contributed by atoms with van der Waals surface area (Å²) in [7, 11) is 0. The molecule has 0 radical (unpaired) electrons. The minimum Gasteiger partial charge on any atom is -0.416 e. The van der Waals surface area contributed by atoms with Gasteiger partial charge in [0.25, 0.3) is 5.22 Å². The highest BCUT2D eigenvalue weighted by molar-refractivity contribution is 7.99. The van der Waals surface area contributed by atoms with Gasteiger partial charge in [-0.15, -0.1) is 10.2 Å². The number of carbonyl (C=O) groups excluding carboxylic acids is 1. The van der Waals surface area contributed by atoms with Gasteiger partial charge in [-0.1, -0.05) is 49.0 Å². The van der Waals surface area contributed by atoms with Crippen molar-refractivity contribution >= 4 is 17.5 Å². The van der Waals surface area contributed by atoms with Crippen molar-refractivity contribution in [2.45, 2.75) is 24.5 Å². The van der Waals surface area contributed by atoms with Gasteiger partial charge in [0.15, 0.2) is 5.78 Å². The molecule has 0 aliphatic carbocycles. The van der Waals surface area contributed by atoms with Crippen molar-refractivity contribution in [3.8, 4) is 0 Å². The summed E-state index contributed by atoms with van der Waals surface area (Å²) in [5, 5.41) is 8.39. The Morgan fingerprint density at radius 1 is 1.12 bits per heavy atom. The fraction of sp³-hybridized carbons (Fsp3) is 0.211. The molecule has 0 bridgehead atoms. The van der Waals surface area contributed by atoms with Crippen LogP contribution in [0.15, 0.2) is 64.2 Å². The number of nitrogens with zero attached hydrogens (tertiary/aromatic N) is 2. The van der Waals surface area contributed by atoms with Crippen molar-refractivity contribution in [2.75, 3.05) is 5.75 Å². The quantitative estimate of drug-likeness (QED) is 0.460. The Morgan fingerprint density at radius 2 is 1.84 bits per heavy atom. The van der Waals surface area contributed by atoms with Crippen molar-refractivity contribution < 1.29 is 13.6 Å². The Hall–Kier alpha value is -2.47. The largest absolute Gasteiger partial charge is 0.416 e. The van der Waals surface area contributed by atoms with Crippen molar-refractivity contribution in [2.24, 2.45) is 0 Å². The fourth-order valence-electron chi connectivity index (χ4n) is 2.39. The van der Waals surface area contributed by atoms with Crippen molar-refractivity contribution in [1.29, 1.82) is 0 Å². The van der Waals surface area contributed by atoms with E-state index < -0.39 is 0 Å². The van der Waals surface area contributed by atoms with Crippen molar-refractivity contribution in [3.05, 3.63) is 77.4 Å². The van der Waals surface area contributed by atoms with Gasteiger partial charge in [0.2, 0.25) is 5.89 Å². The zero-order valence-electron chi connectivity index (χ0n) is 13.7. The minimum atomic E-state index is -0.363. The second-order valence-corrected chi connectivity index (χ2v) is 6.62. The first-order valence-corrected chi connectivity index (χ1v) is 8.89. The molecule has 1 heterocycles. The standard InChI is InChI=1S/C19H17FN2O2S/c1-13(14-5-3-2-4-6-14)11-18-21-22-19(24-18)25-12-17(23)15-7-9-16(20)10-8-15/h2-10,13H,11-12H2,1H3. The van der Waals surface area contributed by atoms with E-state index >= 15 is 0 Å². The predicted octanol–water partition coefficient (Wildman–Crippen LogP) is 4.53. The fourth-order valence-corrected chi connectivity index (χ4v) is 3.06. The third-order valence-corrected chi connectivity index (χ3v) is 4.61. The summed E-state index contributed by atoms with van der Waals surface area (Å²) in [6.45, 7) is 2.10. The first-order chi connectivity index (χ1) is 12.1. The molecule has 128 valence electrons. The van der Waals surface area contributed by atoms with Gasteiger partial charge in [-0.25, -0.2) is 4.39 Å². The molecule has 0 amide bonds. The summed E-state index contributed by atoms with van der Waals surface area (Å²) in [5.74, 6) is 0.510. The number of ketones is 1. The van der Waals surface area contributed by atoms with Crippen LogP contribution in [-0.4, -0.2) is 21.7 Å². The lowest BCUT2D eigenvalue weighted by Gasteiger charge is -2.08. The number of thioether (sulfide) groups is 1. The minimum absolute atomic E-state index is 0.109. The van der Waals surface area contributed by atoms with Gasteiger partial charge in [-0.3, -0.25) is 4.79 Å². The molecule has 0 aliphatic heterocycles. The molecule has 1 atom stereocenters. The van der Waals surface area contributed by atoms with E-state index in [9.17, 15) is 9.18 Å². The number of halogens is 1. The number of Topliss-reactive ketones (excluding diaryl/α,β-unsaturated/α-hetero) is 1. The molecule has 3 aromatic rings. The van der Waals surface area contributed by atoms with E-state index in [1.165, 1.54) is 41.6 Å². The second-order valence-electron chi connectivity index (χ2n) is 5.70. The number of hydrogen-bond acceptors (Lipinski definition) is 5. The Balaban J connectivity index is 1.55. The maximum atomic E-state index is 12.9.